The molecule has 0 N–H and O–H groups in total. The van der Waals surface area contributed by atoms with Gasteiger partial charge >= 0.3 is 0 Å². The number of carbonyl (C=O) groups is 3. The average Bonchev–Trinajstić information content (AvgIpc) is 3.63. The molecule has 1 aromatic heterocycles. The second-order valence-corrected chi connectivity index (χ2v) is 14.7. The molecule has 2 unspecified atom stereocenters. The van der Waals surface area contributed by atoms with Crippen molar-refractivity contribution in [1.29, 1.82) is 0 Å². The van der Waals surface area contributed by atoms with Crippen LogP contribution in [-0.4, -0.2) is 86.3 Å². The van der Waals surface area contributed by atoms with Crippen LogP contribution in [0.1, 0.15) is 58.4 Å². The highest BCUT2D eigenvalue weighted by Gasteiger charge is 2.61. The van der Waals surface area contributed by atoms with Gasteiger partial charge in [0.25, 0.3) is 5.91 Å². The van der Waals surface area contributed by atoms with Crippen LogP contribution in [0.5, 0.6) is 5.75 Å². The molecule has 11 heteroatoms. The van der Waals surface area contributed by atoms with Gasteiger partial charge in [-0.05, 0) is 94.3 Å². The van der Waals surface area contributed by atoms with Crippen LogP contribution in [0, 0.1) is 23.1 Å². The van der Waals surface area contributed by atoms with E-state index in [1.165, 1.54) is 37.6 Å². The lowest BCUT2D eigenvalue weighted by Gasteiger charge is -2.32. The number of methoxy groups -OCH3 is 1. The maximum atomic E-state index is 13.8. The van der Waals surface area contributed by atoms with Crippen LogP contribution in [0.3, 0.4) is 0 Å². The fourth-order valence-corrected chi connectivity index (χ4v) is 7.97. The summed E-state index contributed by atoms with van der Waals surface area (Å²) in [5, 5.41) is 0.239. The molecule has 3 fully saturated rings. The molecule has 2 saturated heterocycles. The van der Waals surface area contributed by atoms with Crippen molar-refractivity contribution in [2.24, 2.45) is 17.3 Å². The van der Waals surface area contributed by atoms with E-state index in [-0.39, 0.29) is 45.4 Å². The predicted molar refractivity (Wildman–Crippen MR) is 164 cm³/mol. The number of carbonyl (C=O) groups excluding carboxylic acids is 3. The fourth-order valence-electron chi connectivity index (χ4n) is 7.16. The maximum Gasteiger partial charge on any atom is 0.257 e. The number of amides is 1. The number of aromatic nitrogens is 1. The lowest BCUT2D eigenvalue weighted by molar-refractivity contribution is -0.120. The van der Waals surface area contributed by atoms with E-state index in [9.17, 15) is 27.2 Å². The van der Waals surface area contributed by atoms with Crippen molar-refractivity contribution < 1.29 is 31.9 Å². The van der Waals surface area contributed by atoms with Crippen molar-refractivity contribution in [1.82, 2.24) is 13.8 Å². The van der Waals surface area contributed by atoms with Crippen molar-refractivity contribution in [2.75, 3.05) is 46.6 Å². The van der Waals surface area contributed by atoms with Gasteiger partial charge in [-0.2, -0.15) is 0 Å². The van der Waals surface area contributed by atoms with Gasteiger partial charge in [0.2, 0.25) is 21.6 Å². The molecule has 9 nitrogen and oxygen atoms in total. The van der Waals surface area contributed by atoms with Gasteiger partial charge in [-0.15, -0.1) is 0 Å². The summed E-state index contributed by atoms with van der Waals surface area (Å²) in [4.78, 5) is 45.3. The Kier molecular flexibility index (Phi) is 7.90. The smallest absolute Gasteiger partial charge is 0.257 e. The second-order valence-electron chi connectivity index (χ2n) is 12.8. The summed E-state index contributed by atoms with van der Waals surface area (Å²) in [6.45, 7) is 2.62. The molecule has 6 rings (SSSR count). The first-order chi connectivity index (χ1) is 20.9. The van der Waals surface area contributed by atoms with Crippen molar-refractivity contribution in [3.8, 4) is 5.75 Å². The molecule has 3 aromatic rings. The van der Waals surface area contributed by atoms with E-state index < -0.39 is 27.0 Å². The Balaban J connectivity index is 1.29. The Morgan fingerprint density at radius 1 is 1.00 bits per heavy atom. The highest BCUT2D eigenvalue weighted by molar-refractivity contribution is 7.89. The Morgan fingerprint density at radius 3 is 2.36 bits per heavy atom. The number of hydrogen-bond donors (Lipinski definition) is 0. The summed E-state index contributed by atoms with van der Waals surface area (Å²) in [6, 6.07) is 9.46. The van der Waals surface area contributed by atoms with E-state index in [0.717, 1.165) is 54.6 Å². The van der Waals surface area contributed by atoms with E-state index in [4.69, 9.17) is 4.74 Å². The van der Waals surface area contributed by atoms with Crippen molar-refractivity contribution in [3.63, 3.8) is 0 Å². The topological polar surface area (TPSA) is 106 Å². The minimum atomic E-state index is -3.85. The lowest BCUT2D eigenvalue weighted by atomic mass is 9.88. The van der Waals surface area contributed by atoms with Gasteiger partial charge in [0, 0.05) is 36.2 Å². The number of ether oxygens (including phenoxy) is 1. The minimum absolute atomic E-state index is 0.0113. The van der Waals surface area contributed by atoms with E-state index >= 15 is 0 Å². The molecule has 1 saturated carbocycles. The molecule has 1 amide bonds. The molecule has 234 valence electrons. The van der Waals surface area contributed by atoms with E-state index in [1.807, 2.05) is 7.05 Å². The molecule has 44 heavy (non-hydrogen) atoms. The van der Waals surface area contributed by atoms with E-state index in [1.54, 1.807) is 17.0 Å². The fraction of sp³-hybridized carbons (Fsp3) is 0.485. The number of benzene rings is 2. The van der Waals surface area contributed by atoms with Crippen LogP contribution in [0.25, 0.3) is 10.9 Å². The average molecular weight is 624 g/mol. The summed E-state index contributed by atoms with van der Waals surface area (Å²) < 4.78 is 45.4. The number of piperidine rings is 1. The monoisotopic (exact) mass is 623 g/mol. The molecular weight excluding hydrogens is 585 g/mol. The summed E-state index contributed by atoms with van der Waals surface area (Å²) >= 11 is 0. The van der Waals surface area contributed by atoms with Crippen molar-refractivity contribution >= 4 is 38.4 Å². The first-order valence-corrected chi connectivity index (χ1v) is 17.0. The number of nitrogens with zero attached hydrogens (tertiary/aromatic N) is 3. The van der Waals surface area contributed by atoms with Gasteiger partial charge in [-0.1, -0.05) is 12.1 Å². The van der Waals surface area contributed by atoms with Gasteiger partial charge in [0.05, 0.1) is 30.0 Å². The highest BCUT2D eigenvalue weighted by atomic mass is 32.2. The Bertz CT molecular complexity index is 1740. The van der Waals surface area contributed by atoms with Crippen LogP contribution in [0.2, 0.25) is 0 Å². The molecule has 0 bridgehead atoms. The molecule has 0 spiro atoms. The Morgan fingerprint density at radius 2 is 1.70 bits per heavy atom. The molecule has 0 radical (unpaired) electrons. The molecular formula is C33H38FN3O6S. The van der Waals surface area contributed by atoms with Gasteiger partial charge in [-0.25, -0.2) is 16.8 Å². The quantitative estimate of drug-likeness (QED) is 0.274. The molecule has 2 aromatic carbocycles. The molecule has 3 aliphatic rings. The number of fused-ring (bicyclic) bond motifs is 2. The van der Waals surface area contributed by atoms with Crippen LogP contribution in [-0.2, 0) is 21.2 Å². The summed E-state index contributed by atoms with van der Waals surface area (Å²) in [7, 11) is -0.436. The number of Topliss-reactive ketones (excluding diaryl/α,β-unsaturated/α-hetero) is 2. The van der Waals surface area contributed by atoms with Gasteiger partial charge in [0.1, 0.15) is 11.6 Å². The third-order valence-corrected chi connectivity index (χ3v) is 11.0. The third kappa shape index (κ3) is 5.56. The number of halogens is 1. The summed E-state index contributed by atoms with van der Waals surface area (Å²) in [5.41, 5.74) is 0.731. The second kappa shape index (κ2) is 11.4. The zero-order valence-corrected chi connectivity index (χ0v) is 26.2. The molecule has 3 heterocycles. The van der Waals surface area contributed by atoms with Crippen molar-refractivity contribution in [3.05, 3.63) is 65.1 Å². The zero-order chi connectivity index (χ0) is 31.4. The zero-order valence-electron chi connectivity index (χ0n) is 25.3. The normalized spacial score (nSPS) is 22.8. The Hall–Kier alpha value is -3.57. The number of likely N-dealkylation sites (tertiary alicyclic amines) is 2. The van der Waals surface area contributed by atoms with Crippen LogP contribution >= 0.6 is 0 Å². The highest BCUT2D eigenvalue weighted by Crippen LogP contribution is 2.59. The number of rotatable bonds is 8. The van der Waals surface area contributed by atoms with Gasteiger partial charge in [0.15, 0.2) is 0 Å². The Labute approximate surface area is 257 Å². The van der Waals surface area contributed by atoms with Crippen LogP contribution in [0.4, 0.5) is 4.39 Å². The van der Waals surface area contributed by atoms with E-state index in [0.29, 0.717) is 31.8 Å². The molecule has 2 aliphatic heterocycles. The maximum absolute atomic E-state index is 13.8. The first kappa shape index (κ1) is 30.5. The number of ketones is 2. The minimum Gasteiger partial charge on any atom is -0.496 e. The van der Waals surface area contributed by atoms with Crippen LogP contribution < -0.4 is 4.74 Å². The molecule has 1 aliphatic carbocycles. The predicted octanol–water partition coefficient (Wildman–Crippen LogP) is 4.18. The summed E-state index contributed by atoms with van der Waals surface area (Å²) in [6.07, 6.45) is 6.70. The van der Waals surface area contributed by atoms with Crippen molar-refractivity contribution in [2.45, 2.75) is 38.5 Å². The third-order valence-electron chi connectivity index (χ3n) is 9.95. The number of hydrogen-bond acceptors (Lipinski definition) is 7. The van der Waals surface area contributed by atoms with E-state index in [2.05, 4.69) is 4.90 Å². The molecule has 2 atom stereocenters. The van der Waals surface area contributed by atoms with Gasteiger partial charge < -0.3 is 14.5 Å². The van der Waals surface area contributed by atoms with Crippen LogP contribution in [0.15, 0.2) is 42.6 Å². The standard InChI is InChI=1S/C33H38FN3O6S/c1-35-12-10-23-19-33(23,11-15-35)31(39)30(38)27-20-37(44(3,41)42)28-18-29(43-2)26(17-25(27)28)32(40)36-13-8-22(9-14-36)16-21-4-6-24(34)7-5-21/h4-7,17-18,20,22-23H,8-16,19H2,1-3H3. The largest absolute Gasteiger partial charge is 0.496 e. The lowest BCUT2D eigenvalue weighted by Crippen LogP contribution is -2.39. The first-order valence-electron chi connectivity index (χ1n) is 15.2. The van der Waals surface area contributed by atoms with Gasteiger partial charge in [-0.3, -0.25) is 14.4 Å². The summed E-state index contributed by atoms with van der Waals surface area (Å²) in [5.74, 6) is -1.05. The SMILES string of the molecule is COc1cc2c(cc1C(=O)N1CCC(Cc3ccc(F)cc3)CC1)c(C(=O)C(=O)C13CCN(C)CCC1C3)cn2S(C)(=O)=O.